The van der Waals surface area contributed by atoms with Crippen molar-refractivity contribution in [3.8, 4) is 22.8 Å². The van der Waals surface area contributed by atoms with Crippen LogP contribution in [0.2, 0.25) is 0 Å². The second-order valence-electron chi connectivity index (χ2n) is 9.99. The monoisotopic (exact) mass is 508 g/mol. The second-order valence-corrected chi connectivity index (χ2v) is 9.99. The van der Waals surface area contributed by atoms with Gasteiger partial charge in [-0.25, -0.2) is 19.6 Å². The number of nitrogens with one attached hydrogen (secondary N) is 2. The zero-order valence-corrected chi connectivity index (χ0v) is 21.5. The molecule has 3 heterocycles. The van der Waals surface area contributed by atoms with Crippen LogP contribution >= 0.6 is 0 Å². The molecule has 0 saturated carbocycles. The normalized spacial score (nSPS) is 18.8. The first kappa shape index (κ1) is 24.2. The molecule has 1 fully saturated rings. The van der Waals surface area contributed by atoms with Crippen LogP contribution in [0.25, 0.3) is 22.8 Å². The van der Waals surface area contributed by atoms with Crippen LogP contribution in [0.3, 0.4) is 0 Å². The summed E-state index contributed by atoms with van der Waals surface area (Å²) in [7, 11) is 0. The van der Waals surface area contributed by atoms with Gasteiger partial charge in [0.15, 0.2) is 11.5 Å². The number of fused-ring (bicyclic) bond motifs is 1. The molecule has 1 saturated heterocycles. The van der Waals surface area contributed by atoms with E-state index in [1.165, 1.54) is 11.1 Å². The minimum absolute atomic E-state index is 0.0265. The van der Waals surface area contributed by atoms with E-state index in [1.807, 2.05) is 41.1 Å². The minimum Gasteiger partial charge on any atom is -0.382 e. The van der Waals surface area contributed by atoms with Crippen molar-refractivity contribution in [1.82, 2.24) is 35.4 Å². The second kappa shape index (κ2) is 10.3. The molecule has 0 radical (unpaired) electrons. The lowest BCUT2D eigenvalue weighted by Gasteiger charge is -2.21. The summed E-state index contributed by atoms with van der Waals surface area (Å²) in [5.74, 6) is 1.92. The molecule has 2 aromatic carbocycles. The highest BCUT2D eigenvalue weighted by Crippen LogP contribution is 2.31. The maximum atomic E-state index is 13.2. The van der Waals surface area contributed by atoms with Crippen LogP contribution in [-0.2, 0) is 13.0 Å². The molecule has 4 N–H and O–H groups in total. The number of rotatable bonds is 6. The Kier molecular flexibility index (Phi) is 6.59. The van der Waals surface area contributed by atoms with Crippen LogP contribution in [0.1, 0.15) is 65.5 Å². The molecule has 2 aliphatic rings. The van der Waals surface area contributed by atoms with Crippen LogP contribution in [0.4, 0.5) is 5.82 Å². The highest BCUT2D eigenvalue weighted by molar-refractivity contribution is 5.95. The average molecular weight is 509 g/mol. The van der Waals surface area contributed by atoms with Gasteiger partial charge in [-0.3, -0.25) is 4.79 Å². The molecule has 0 bridgehead atoms. The largest absolute Gasteiger partial charge is 0.382 e. The third-order valence-electron chi connectivity index (χ3n) is 7.53. The van der Waals surface area contributed by atoms with E-state index in [0.29, 0.717) is 35.2 Å². The molecule has 9 heteroatoms. The quantitative estimate of drug-likeness (QED) is 0.361. The Balaban J connectivity index is 1.27. The number of piperidine rings is 1. The molecular formula is C29H32N8O. The van der Waals surface area contributed by atoms with Gasteiger partial charge in [-0.05, 0) is 62.4 Å². The number of nitrogens with two attached hydrogens (primary N) is 1. The zero-order valence-electron chi connectivity index (χ0n) is 21.5. The Morgan fingerprint density at radius 2 is 2.05 bits per heavy atom. The SMILES string of the molecule is CCn1nc(-c2nc(-c3cccc(C(=O)N[C@H]4CCc5ccccc54)c3)cnc2N)nc1[C@@H]1CCCNC1. The van der Waals surface area contributed by atoms with E-state index >= 15 is 0 Å². The minimum atomic E-state index is -0.105. The number of hydrogen-bond acceptors (Lipinski definition) is 7. The summed E-state index contributed by atoms with van der Waals surface area (Å²) in [5, 5.41) is 11.4. The van der Waals surface area contributed by atoms with Crippen molar-refractivity contribution in [3.63, 3.8) is 0 Å². The van der Waals surface area contributed by atoms with Gasteiger partial charge < -0.3 is 16.4 Å². The van der Waals surface area contributed by atoms with Crippen molar-refractivity contribution in [2.45, 2.75) is 51.1 Å². The molecule has 38 heavy (non-hydrogen) atoms. The zero-order chi connectivity index (χ0) is 26.1. The van der Waals surface area contributed by atoms with E-state index in [0.717, 1.165) is 50.2 Å². The highest BCUT2D eigenvalue weighted by Gasteiger charge is 2.25. The first-order valence-corrected chi connectivity index (χ1v) is 13.4. The fraction of sp³-hybridized carbons (Fsp3) is 0.345. The number of aromatic nitrogens is 5. The molecule has 2 atom stereocenters. The van der Waals surface area contributed by atoms with Gasteiger partial charge in [0.2, 0.25) is 5.82 Å². The van der Waals surface area contributed by atoms with E-state index in [1.54, 1.807) is 6.20 Å². The van der Waals surface area contributed by atoms with Crippen molar-refractivity contribution in [3.05, 3.63) is 77.2 Å². The Labute approximate surface area is 221 Å². The van der Waals surface area contributed by atoms with Crippen LogP contribution in [-0.4, -0.2) is 43.7 Å². The first-order valence-electron chi connectivity index (χ1n) is 13.4. The number of aryl methyl sites for hydroxylation is 2. The summed E-state index contributed by atoms with van der Waals surface area (Å²) in [6.07, 6.45) is 5.71. The van der Waals surface area contributed by atoms with Crippen LogP contribution < -0.4 is 16.4 Å². The third kappa shape index (κ3) is 4.65. The number of hydrogen-bond donors (Lipinski definition) is 3. The summed E-state index contributed by atoms with van der Waals surface area (Å²) in [5.41, 5.74) is 11.2. The Morgan fingerprint density at radius 3 is 2.89 bits per heavy atom. The van der Waals surface area contributed by atoms with Crippen molar-refractivity contribution in [1.29, 1.82) is 0 Å². The number of nitrogen functional groups attached to an aromatic ring is 1. The van der Waals surface area contributed by atoms with E-state index in [2.05, 4.69) is 34.7 Å². The summed E-state index contributed by atoms with van der Waals surface area (Å²) >= 11 is 0. The third-order valence-corrected chi connectivity index (χ3v) is 7.53. The van der Waals surface area contributed by atoms with Crippen LogP contribution in [0, 0.1) is 0 Å². The number of carbonyl (C=O) groups excluding carboxylic acids is 1. The van der Waals surface area contributed by atoms with Crippen molar-refractivity contribution in [2.24, 2.45) is 0 Å². The van der Waals surface area contributed by atoms with Crippen LogP contribution in [0.5, 0.6) is 0 Å². The first-order chi connectivity index (χ1) is 18.6. The topological polar surface area (TPSA) is 124 Å². The number of amides is 1. The molecule has 1 aliphatic heterocycles. The molecule has 1 aliphatic carbocycles. The van der Waals surface area contributed by atoms with Gasteiger partial charge in [0.05, 0.1) is 17.9 Å². The van der Waals surface area contributed by atoms with Gasteiger partial charge in [0.25, 0.3) is 5.91 Å². The fourth-order valence-electron chi connectivity index (χ4n) is 5.53. The van der Waals surface area contributed by atoms with Gasteiger partial charge in [-0.15, -0.1) is 5.10 Å². The molecule has 194 valence electrons. The Bertz CT molecular complexity index is 1470. The standard InChI is InChI=1S/C29H32N8O/c1-2-37-28(21-10-6-14-31-16-21)35-27(36-37)25-26(30)32-17-24(33-25)19-8-5-9-20(15-19)29(38)34-23-13-12-18-7-3-4-11-22(18)23/h3-5,7-9,11,15,17,21,23,31H,2,6,10,12-14,16H2,1H3,(H2,30,32)(H,34,38)/t21-,23+/m1/s1. The van der Waals surface area contributed by atoms with E-state index in [4.69, 9.17) is 20.8 Å². The van der Waals surface area contributed by atoms with E-state index in [9.17, 15) is 4.79 Å². The number of nitrogens with zero attached hydrogens (tertiary/aromatic N) is 5. The Hall–Kier alpha value is -4.11. The average Bonchev–Trinajstić information content (AvgIpc) is 3.58. The summed E-state index contributed by atoms with van der Waals surface area (Å²) in [6.45, 7) is 4.70. The lowest BCUT2D eigenvalue weighted by Crippen LogP contribution is -2.30. The number of benzene rings is 2. The van der Waals surface area contributed by atoms with E-state index < -0.39 is 0 Å². The number of carbonyl (C=O) groups is 1. The summed E-state index contributed by atoms with van der Waals surface area (Å²) in [4.78, 5) is 27.2. The molecule has 6 rings (SSSR count). The lowest BCUT2D eigenvalue weighted by molar-refractivity contribution is 0.0936. The fourth-order valence-corrected chi connectivity index (χ4v) is 5.53. The van der Waals surface area contributed by atoms with Crippen LogP contribution in [0.15, 0.2) is 54.7 Å². The molecule has 2 aromatic heterocycles. The van der Waals surface area contributed by atoms with Gasteiger partial charge in [-0.1, -0.05) is 36.4 Å². The van der Waals surface area contributed by atoms with Crippen molar-refractivity contribution < 1.29 is 4.79 Å². The van der Waals surface area contributed by atoms with Gasteiger partial charge in [0.1, 0.15) is 5.82 Å². The molecule has 4 aromatic rings. The molecule has 0 unspecified atom stereocenters. The molecular weight excluding hydrogens is 476 g/mol. The molecule has 9 nitrogen and oxygen atoms in total. The van der Waals surface area contributed by atoms with Gasteiger partial charge >= 0.3 is 0 Å². The predicted octanol–water partition coefficient (Wildman–Crippen LogP) is 3.89. The summed E-state index contributed by atoms with van der Waals surface area (Å²) < 4.78 is 1.94. The maximum Gasteiger partial charge on any atom is 0.251 e. The maximum absolute atomic E-state index is 13.2. The lowest BCUT2D eigenvalue weighted by atomic mass is 9.99. The number of anilines is 1. The molecule has 0 spiro atoms. The molecule has 1 amide bonds. The summed E-state index contributed by atoms with van der Waals surface area (Å²) in [6, 6.07) is 15.8. The van der Waals surface area contributed by atoms with Gasteiger partial charge in [0, 0.05) is 30.1 Å². The smallest absolute Gasteiger partial charge is 0.251 e. The van der Waals surface area contributed by atoms with Crippen molar-refractivity contribution >= 4 is 11.7 Å². The Morgan fingerprint density at radius 1 is 1.16 bits per heavy atom. The highest BCUT2D eigenvalue weighted by atomic mass is 16.1. The van der Waals surface area contributed by atoms with Gasteiger partial charge in [-0.2, -0.15) is 0 Å². The van der Waals surface area contributed by atoms with Crippen molar-refractivity contribution in [2.75, 3.05) is 18.8 Å². The van der Waals surface area contributed by atoms with E-state index in [-0.39, 0.29) is 17.8 Å². The predicted molar refractivity (Wildman–Crippen MR) is 146 cm³/mol.